The Morgan fingerprint density at radius 1 is 0.952 bits per heavy atom. The van der Waals surface area contributed by atoms with E-state index in [0.29, 0.717) is 13.0 Å². The van der Waals surface area contributed by atoms with E-state index in [4.69, 9.17) is 0 Å². The van der Waals surface area contributed by atoms with Gasteiger partial charge in [0.25, 0.3) is 0 Å². The van der Waals surface area contributed by atoms with Gasteiger partial charge < -0.3 is 15.5 Å². The van der Waals surface area contributed by atoms with Crippen LogP contribution < -0.4 is 10.6 Å². The molecule has 2 aliphatic heterocycles. The Bertz CT molecular complexity index is 447. The molecule has 0 spiro atoms. The van der Waals surface area contributed by atoms with Gasteiger partial charge in [0.1, 0.15) is 18.1 Å². The number of carbonyl (C=O) groups excluding carboxylic acids is 3. The monoisotopic (exact) mass is 295 g/mol. The number of fused-ring (bicyclic) bond motifs is 1. The number of rotatable bonds is 2. The lowest BCUT2D eigenvalue weighted by Gasteiger charge is -2.28. The van der Waals surface area contributed by atoms with E-state index >= 15 is 0 Å². The summed E-state index contributed by atoms with van der Waals surface area (Å²) in [7, 11) is 0. The van der Waals surface area contributed by atoms with Crippen LogP contribution in [0, 0.1) is 11.8 Å². The fraction of sp³-hybridized carbons (Fsp3) is 0.800. The molecule has 2 saturated heterocycles. The smallest absolute Gasteiger partial charge is 0.246 e. The topological polar surface area (TPSA) is 78.5 Å². The molecular weight excluding hydrogens is 270 g/mol. The summed E-state index contributed by atoms with van der Waals surface area (Å²) in [6.45, 7) is 8.18. The van der Waals surface area contributed by atoms with Crippen LogP contribution in [0.5, 0.6) is 0 Å². The lowest BCUT2D eigenvalue weighted by Crippen LogP contribution is -2.54. The summed E-state index contributed by atoms with van der Waals surface area (Å²) in [5.74, 6) is -0.653. The first-order valence-corrected chi connectivity index (χ1v) is 7.74. The van der Waals surface area contributed by atoms with Crippen LogP contribution in [0.1, 0.15) is 40.5 Å². The molecule has 3 atom stereocenters. The summed E-state index contributed by atoms with van der Waals surface area (Å²) in [4.78, 5) is 39.1. The van der Waals surface area contributed by atoms with E-state index in [1.54, 1.807) is 4.90 Å². The van der Waals surface area contributed by atoms with Crippen molar-refractivity contribution in [3.63, 3.8) is 0 Å². The predicted octanol–water partition coefficient (Wildman–Crippen LogP) is 0.273. The molecule has 0 aromatic carbocycles. The van der Waals surface area contributed by atoms with Gasteiger partial charge in [-0.2, -0.15) is 0 Å². The Morgan fingerprint density at radius 3 is 2.10 bits per heavy atom. The Morgan fingerprint density at radius 2 is 1.52 bits per heavy atom. The highest BCUT2D eigenvalue weighted by Gasteiger charge is 2.42. The number of hydrogen-bond acceptors (Lipinski definition) is 3. The normalized spacial score (nSPS) is 30.7. The van der Waals surface area contributed by atoms with Gasteiger partial charge in [0.15, 0.2) is 0 Å². The fourth-order valence-electron chi connectivity index (χ4n) is 3.02. The first kappa shape index (κ1) is 15.8. The van der Waals surface area contributed by atoms with Gasteiger partial charge in [-0.05, 0) is 24.7 Å². The standard InChI is InChI=1S/C15H25N3O3/c1-8(2)11-14(20)17-12(9(3)4)15(21)18-7-5-6-10(18)13(19)16-11/h8-12H,5-7H2,1-4H3,(H,16,19)(H,17,20). The minimum atomic E-state index is -0.591. The SMILES string of the molecule is CC(C)C1NC(=O)C2CCCN2C(=O)C(C(C)C)NC1=O. The lowest BCUT2D eigenvalue weighted by atomic mass is 10.00. The third kappa shape index (κ3) is 3.04. The Kier molecular flexibility index (Phi) is 4.54. The maximum Gasteiger partial charge on any atom is 0.246 e. The van der Waals surface area contributed by atoms with Crippen LogP contribution in [-0.4, -0.2) is 47.3 Å². The summed E-state index contributed by atoms with van der Waals surface area (Å²) < 4.78 is 0. The van der Waals surface area contributed by atoms with Crippen molar-refractivity contribution in [2.75, 3.05) is 6.54 Å². The molecule has 118 valence electrons. The van der Waals surface area contributed by atoms with Crippen molar-refractivity contribution in [1.82, 2.24) is 15.5 Å². The number of amides is 3. The molecule has 6 heteroatoms. The van der Waals surface area contributed by atoms with Crippen LogP contribution in [0.3, 0.4) is 0 Å². The van der Waals surface area contributed by atoms with Gasteiger partial charge in [-0.15, -0.1) is 0 Å². The molecule has 2 fully saturated rings. The average Bonchev–Trinajstić information content (AvgIpc) is 2.89. The Hall–Kier alpha value is -1.59. The minimum absolute atomic E-state index is 0.0104. The molecule has 0 saturated carbocycles. The van der Waals surface area contributed by atoms with E-state index in [9.17, 15) is 14.4 Å². The van der Waals surface area contributed by atoms with Crippen molar-refractivity contribution in [1.29, 1.82) is 0 Å². The second kappa shape index (κ2) is 6.03. The van der Waals surface area contributed by atoms with Crippen molar-refractivity contribution in [3.8, 4) is 0 Å². The zero-order valence-electron chi connectivity index (χ0n) is 13.2. The first-order valence-electron chi connectivity index (χ1n) is 7.74. The highest BCUT2D eigenvalue weighted by atomic mass is 16.2. The maximum absolute atomic E-state index is 12.7. The molecule has 6 nitrogen and oxygen atoms in total. The van der Waals surface area contributed by atoms with Gasteiger partial charge in [0, 0.05) is 6.54 Å². The molecule has 0 aromatic heterocycles. The molecule has 3 unspecified atom stereocenters. The molecular formula is C15H25N3O3. The van der Waals surface area contributed by atoms with E-state index in [-0.39, 0.29) is 29.6 Å². The highest BCUT2D eigenvalue weighted by Crippen LogP contribution is 2.22. The van der Waals surface area contributed by atoms with Crippen molar-refractivity contribution in [2.24, 2.45) is 11.8 Å². The average molecular weight is 295 g/mol. The second-order valence-electron chi connectivity index (χ2n) is 6.65. The van der Waals surface area contributed by atoms with Crippen molar-refractivity contribution in [3.05, 3.63) is 0 Å². The molecule has 2 rings (SSSR count). The van der Waals surface area contributed by atoms with Gasteiger partial charge in [0.05, 0.1) is 0 Å². The molecule has 0 aliphatic carbocycles. The minimum Gasteiger partial charge on any atom is -0.342 e. The van der Waals surface area contributed by atoms with Gasteiger partial charge in [-0.3, -0.25) is 14.4 Å². The van der Waals surface area contributed by atoms with E-state index in [1.165, 1.54) is 0 Å². The third-order valence-electron chi connectivity index (χ3n) is 4.32. The third-order valence-corrected chi connectivity index (χ3v) is 4.32. The summed E-state index contributed by atoms with van der Waals surface area (Å²) in [6, 6.07) is -1.59. The van der Waals surface area contributed by atoms with Gasteiger partial charge >= 0.3 is 0 Å². The summed E-state index contributed by atoms with van der Waals surface area (Å²) in [5.41, 5.74) is 0. The van der Waals surface area contributed by atoms with Crippen LogP contribution in [-0.2, 0) is 14.4 Å². The molecule has 0 aromatic rings. The summed E-state index contributed by atoms with van der Waals surface area (Å²) >= 11 is 0. The molecule has 3 amide bonds. The van der Waals surface area contributed by atoms with E-state index in [1.807, 2.05) is 27.7 Å². The van der Waals surface area contributed by atoms with Crippen LogP contribution in [0.25, 0.3) is 0 Å². The zero-order valence-corrected chi connectivity index (χ0v) is 13.2. The van der Waals surface area contributed by atoms with Crippen molar-refractivity contribution in [2.45, 2.75) is 58.7 Å². The van der Waals surface area contributed by atoms with Crippen LogP contribution in [0.15, 0.2) is 0 Å². The lowest BCUT2D eigenvalue weighted by molar-refractivity contribution is -0.140. The Labute approximate surface area is 125 Å². The van der Waals surface area contributed by atoms with Gasteiger partial charge in [0.2, 0.25) is 17.7 Å². The van der Waals surface area contributed by atoms with Crippen molar-refractivity contribution >= 4 is 17.7 Å². The van der Waals surface area contributed by atoms with Crippen LogP contribution >= 0.6 is 0 Å². The van der Waals surface area contributed by atoms with Gasteiger partial charge in [-0.1, -0.05) is 27.7 Å². The molecule has 2 aliphatic rings. The summed E-state index contributed by atoms with van der Waals surface area (Å²) in [5, 5.41) is 5.64. The van der Waals surface area contributed by atoms with E-state index < -0.39 is 18.1 Å². The van der Waals surface area contributed by atoms with Gasteiger partial charge in [-0.25, -0.2) is 0 Å². The highest BCUT2D eigenvalue weighted by molar-refractivity contribution is 5.97. The van der Waals surface area contributed by atoms with Crippen LogP contribution in [0.2, 0.25) is 0 Å². The van der Waals surface area contributed by atoms with Crippen LogP contribution in [0.4, 0.5) is 0 Å². The zero-order chi connectivity index (χ0) is 15.7. The number of hydrogen-bond donors (Lipinski definition) is 2. The van der Waals surface area contributed by atoms with E-state index in [0.717, 1.165) is 6.42 Å². The number of carbonyl (C=O) groups is 3. The maximum atomic E-state index is 12.7. The first-order chi connectivity index (χ1) is 9.82. The summed E-state index contributed by atoms with van der Waals surface area (Å²) in [6.07, 6.45) is 1.50. The van der Waals surface area contributed by atoms with E-state index in [2.05, 4.69) is 10.6 Å². The second-order valence-corrected chi connectivity index (χ2v) is 6.65. The predicted molar refractivity (Wildman–Crippen MR) is 78.3 cm³/mol. The molecule has 2 N–H and O–H groups in total. The Balaban J connectivity index is 2.36. The van der Waals surface area contributed by atoms with Crippen molar-refractivity contribution < 1.29 is 14.4 Å². The quantitative estimate of drug-likeness (QED) is 0.767. The number of nitrogens with one attached hydrogen (secondary N) is 2. The largest absolute Gasteiger partial charge is 0.342 e. The number of nitrogens with zero attached hydrogens (tertiary/aromatic N) is 1. The molecule has 0 radical (unpaired) electrons. The molecule has 0 bridgehead atoms. The molecule has 2 heterocycles. The fourth-order valence-corrected chi connectivity index (χ4v) is 3.02. The molecule has 21 heavy (non-hydrogen) atoms.